The number of fused-ring (bicyclic) bond motifs is 1. The number of thioether (sulfide) groups is 1. The number of anilines is 1. The standard InChI is InChI=1S/C11H18N5OPS/c1-2-5-19-10-8-9(14-11(12)15-10)16(6-13-8)3-4-17-7-18/h6H,2-5,7,18H2,1H3,(H2,12,14,15). The Hall–Kier alpha value is -0.910. The zero-order valence-electron chi connectivity index (χ0n) is 10.9. The monoisotopic (exact) mass is 299 g/mol. The molecule has 6 nitrogen and oxygen atoms in total. The summed E-state index contributed by atoms with van der Waals surface area (Å²) in [5, 5.41) is 0.857. The molecule has 1 atom stereocenters. The Bertz CT molecular complexity index is 547. The lowest BCUT2D eigenvalue weighted by molar-refractivity contribution is 0.173. The van der Waals surface area contributed by atoms with Crippen molar-refractivity contribution in [2.45, 2.75) is 24.9 Å². The summed E-state index contributed by atoms with van der Waals surface area (Å²) in [4.78, 5) is 12.9. The van der Waals surface area contributed by atoms with Crippen LogP contribution in [-0.2, 0) is 11.3 Å². The maximum absolute atomic E-state index is 5.77. The van der Waals surface area contributed by atoms with Gasteiger partial charge in [-0.1, -0.05) is 6.92 Å². The van der Waals surface area contributed by atoms with Gasteiger partial charge in [0.25, 0.3) is 0 Å². The van der Waals surface area contributed by atoms with E-state index in [1.807, 2.05) is 4.57 Å². The number of ether oxygens (including phenoxy) is 1. The highest BCUT2D eigenvalue weighted by Gasteiger charge is 2.12. The van der Waals surface area contributed by atoms with E-state index in [2.05, 4.69) is 31.1 Å². The normalized spacial score (nSPS) is 11.3. The van der Waals surface area contributed by atoms with Gasteiger partial charge in [-0.2, -0.15) is 4.98 Å². The van der Waals surface area contributed by atoms with Gasteiger partial charge in [0.2, 0.25) is 5.95 Å². The molecule has 2 aromatic rings. The van der Waals surface area contributed by atoms with Crippen LogP contribution in [0.2, 0.25) is 0 Å². The SMILES string of the molecule is CCCSc1nc(N)nc2c1ncn2CCOCP. The van der Waals surface area contributed by atoms with E-state index >= 15 is 0 Å². The largest absolute Gasteiger partial charge is 0.376 e. The molecule has 0 aliphatic rings. The molecule has 0 amide bonds. The maximum atomic E-state index is 5.77. The Morgan fingerprint density at radius 1 is 1.47 bits per heavy atom. The number of nitrogen functional groups attached to an aromatic ring is 1. The molecule has 0 fully saturated rings. The zero-order valence-corrected chi connectivity index (χ0v) is 12.8. The van der Waals surface area contributed by atoms with Gasteiger partial charge in [0, 0.05) is 6.54 Å². The first-order chi connectivity index (χ1) is 9.26. The molecule has 2 rings (SSSR count). The van der Waals surface area contributed by atoms with Crippen LogP contribution in [0.25, 0.3) is 11.2 Å². The number of rotatable bonds is 7. The van der Waals surface area contributed by atoms with Crippen molar-refractivity contribution in [3.8, 4) is 0 Å². The van der Waals surface area contributed by atoms with Crippen LogP contribution in [0, 0.1) is 0 Å². The van der Waals surface area contributed by atoms with Gasteiger partial charge < -0.3 is 15.0 Å². The molecule has 0 saturated carbocycles. The fourth-order valence-electron chi connectivity index (χ4n) is 1.64. The summed E-state index contributed by atoms with van der Waals surface area (Å²) in [6.45, 7) is 3.46. The number of imidazole rings is 1. The number of aromatic nitrogens is 4. The summed E-state index contributed by atoms with van der Waals surface area (Å²) in [6.07, 6.45) is 3.47. The minimum atomic E-state index is 0.291. The number of nitrogens with zero attached hydrogens (tertiary/aromatic N) is 4. The van der Waals surface area contributed by atoms with E-state index in [0.717, 1.165) is 28.4 Å². The van der Waals surface area contributed by atoms with E-state index in [0.29, 0.717) is 25.4 Å². The van der Waals surface area contributed by atoms with Crippen LogP contribution in [0.1, 0.15) is 13.3 Å². The predicted molar refractivity (Wildman–Crippen MR) is 81.3 cm³/mol. The molecule has 2 aromatic heterocycles. The van der Waals surface area contributed by atoms with Gasteiger partial charge >= 0.3 is 0 Å². The smallest absolute Gasteiger partial charge is 0.223 e. The van der Waals surface area contributed by atoms with E-state index in [9.17, 15) is 0 Å². The second-order valence-corrected chi connectivity index (χ2v) is 5.34. The first kappa shape index (κ1) is 14.5. The summed E-state index contributed by atoms with van der Waals surface area (Å²) in [5.41, 5.74) is 7.36. The van der Waals surface area contributed by atoms with Crippen LogP contribution in [-0.4, -0.2) is 38.2 Å². The molecule has 0 aliphatic carbocycles. The third-order valence-electron chi connectivity index (χ3n) is 2.49. The lowest BCUT2D eigenvalue weighted by atomic mass is 10.5. The van der Waals surface area contributed by atoms with Gasteiger partial charge in [0.1, 0.15) is 10.5 Å². The van der Waals surface area contributed by atoms with Crippen molar-refractivity contribution in [2.75, 3.05) is 24.4 Å². The highest BCUT2D eigenvalue weighted by molar-refractivity contribution is 7.99. The molecule has 0 bridgehead atoms. The van der Waals surface area contributed by atoms with Gasteiger partial charge in [-0.3, -0.25) is 0 Å². The van der Waals surface area contributed by atoms with Crippen molar-refractivity contribution in [2.24, 2.45) is 0 Å². The highest BCUT2D eigenvalue weighted by Crippen LogP contribution is 2.25. The van der Waals surface area contributed by atoms with Crippen molar-refractivity contribution < 1.29 is 4.74 Å². The third-order valence-corrected chi connectivity index (χ3v) is 3.89. The fraction of sp³-hybridized carbons (Fsp3) is 0.545. The third kappa shape index (κ3) is 3.55. The molecule has 0 aromatic carbocycles. The number of nitrogens with two attached hydrogens (primary N) is 1. The molecule has 0 aliphatic heterocycles. The molecule has 0 spiro atoms. The average molecular weight is 299 g/mol. The van der Waals surface area contributed by atoms with Crippen LogP contribution < -0.4 is 5.73 Å². The summed E-state index contributed by atoms with van der Waals surface area (Å²) in [6, 6.07) is 0. The van der Waals surface area contributed by atoms with Crippen LogP contribution in [0.3, 0.4) is 0 Å². The summed E-state index contributed by atoms with van der Waals surface area (Å²) < 4.78 is 7.26. The highest BCUT2D eigenvalue weighted by atomic mass is 32.2. The lowest BCUT2D eigenvalue weighted by Crippen LogP contribution is -2.06. The molecule has 1 unspecified atom stereocenters. The fourth-order valence-corrected chi connectivity index (χ4v) is 2.65. The first-order valence-corrected chi connectivity index (χ1v) is 7.95. The van der Waals surface area contributed by atoms with Crippen LogP contribution >= 0.6 is 21.0 Å². The maximum Gasteiger partial charge on any atom is 0.223 e. The second-order valence-electron chi connectivity index (χ2n) is 3.92. The minimum Gasteiger partial charge on any atom is -0.376 e. The molecule has 0 saturated heterocycles. The van der Waals surface area contributed by atoms with E-state index in [1.54, 1.807) is 18.1 Å². The predicted octanol–water partition coefficient (Wildman–Crippen LogP) is 1.76. The number of hydrogen-bond donors (Lipinski definition) is 1. The molecular weight excluding hydrogens is 281 g/mol. The van der Waals surface area contributed by atoms with Gasteiger partial charge in [-0.05, 0) is 12.2 Å². The zero-order chi connectivity index (χ0) is 13.7. The molecule has 2 heterocycles. The topological polar surface area (TPSA) is 78.9 Å². The van der Waals surface area contributed by atoms with Crippen LogP contribution in [0.5, 0.6) is 0 Å². The van der Waals surface area contributed by atoms with Crippen molar-refractivity contribution in [3.05, 3.63) is 6.33 Å². The van der Waals surface area contributed by atoms with Gasteiger partial charge in [-0.15, -0.1) is 21.0 Å². The molecule has 2 N–H and O–H groups in total. The Kier molecular flexibility index (Phi) is 5.36. The van der Waals surface area contributed by atoms with Crippen molar-refractivity contribution in [1.82, 2.24) is 19.5 Å². The van der Waals surface area contributed by atoms with Crippen LogP contribution in [0.4, 0.5) is 5.95 Å². The Morgan fingerprint density at radius 3 is 3.05 bits per heavy atom. The van der Waals surface area contributed by atoms with Crippen molar-refractivity contribution in [3.63, 3.8) is 0 Å². The van der Waals surface area contributed by atoms with Gasteiger partial charge in [-0.25, -0.2) is 9.97 Å². The minimum absolute atomic E-state index is 0.291. The molecule has 0 radical (unpaired) electrons. The average Bonchev–Trinajstić information content (AvgIpc) is 2.79. The molecule has 104 valence electrons. The lowest BCUT2D eigenvalue weighted by Gasteiger charge is -2.05. The van der Waals surface area contributed by atoms with E-state index in [-0.39, 0.29) is 0 Å². The Morgan fingerprint density at radius 2 is 2.32 bits per heavy atom. The quantitative estimate of drug-likeness (QED) is 0.363. The van der Waals surface area contributed by atoms with Gasteiger partial charge in [0.05, 0.1) is 19.3 Å². The summed E-state index contributed by atoms with van der Waals surface area (Å²) >= 11 is 1.66. The summed E-state index contributed by atoms with van der Waals surface area (Å²) in [7, 11) is 2.53. The van der Waals surface area contributed by atoms with E-state index in [1.165, 1.54) is 0 Å². The van der Waals surface area contributed by atoms with E-state index in [4.69, 9.17) is 10.5 Å². The first-order valence-electron chi connectivity index (χ1n) is 6.15. The number of hydrogen-bond acceptors (Lipinski definition) is 6. The summed E-state index contributed by atoms with van der Waals surface area (Å²) in [5.74, 6) is 1.29. The Balaban J connectivity index is 2.28. The molecular formula is C11H18N5OPS. The van der Waals surface area contributed by atoms with E-state index < -0.39 is 0 Å². The molecule has 8 heteroatoms. The Labute approximate surface area is 118 Å². The second kappa shape index (κ2) is 7.03. The van der Waals surface area contributed by atoms with Crippen molar-refractivity contribution in [1.29, 1.82) is 0 Å². The molecule has 19 heavy (non-hydrogen) atoms. The van der Waals surface area contributed by atoms with Gasteiger partial charge in [0.15, 0.2) is 5.65 Å². The van der Waals surface area contributed by atoms with Crippen LogP contribution in [0.15, 0.2) is 11.4 Å². The van der Waals surface area contributed by atoms with Crippen molar-refractivity contribution >= 4 is 38.1 Å².